The van der Waals surface area contributed by atoms with Gasteiger partial charge in [-0.25, -0.2) is 8.42 Å². The molecule has 1 atom stereocenters. The number of halogens is 4. The van der Waals surface area contributed by atoms with Gasteiger partial charge in [0.15, 0.2) is 0 Å². The molecule has 15 heteroatoms. The third-order valence-electron chi connectivity index (χ3n) is 9.66. The van der Waals surface area contributed by atoms with E-state index >= 15 is 0 Å². The Labute approximate surface area is 296 Å². The Morgan fingerprint density at radius 2 is 1.69 bits per heavy atom. The fourth-order valence-corrected chi connectivity index (χ4v) is 9.22. The normalized spacial score (nSPS) is 19.3. The van der Waals surface area contributed by atoms with Crippen LogP contribution in [0.3, 0.4) is 0 Å². The lowest BCUT2D eigenvalue weighted by Crippen LogP contribution is -2.49. The fraction of sp³-hybridized carbons (Fsp3) is 0.559. The maximum Gasteiger partial charge on any atom is 0.417 e. The van der Waals surface area contributed by atoms with Crippen molar-refractivity contribution in [3.05, 3.63) is 64.3 Å². The summed E-state index contributed by atoms with van der Waals surface area (Å²) in [5, 5.41) is 16.8. The van der Waals surface area contributed by atoms with Crippen LogP contribution in [0.1, 0.15) is 36.1 Å². The zero-order valence-corrected chi connectivity index (χ0v) is 30.1. The Hall–Kier alpha value is -2.33. The van der Waals surface area contributed by atoms with Gasteiger partial charge >= 0.3 is 6.18 Å². The molecule has 6 rings (SSSR count). The number of rotatable bonds is 11. The first kappa shape index (κ1) is 36.5. The lowest BCUT2D eigenvalue weighted by atomic mass is 10.0. The molecule has 2 fully saturated rings. The Bertz CT molecular complexity index is 1710. The number of fused-ring (bicyclic) bond motifs is 1. The second-order valence-electron chi connectivity index (χ2n) is 13.2. The number of piperidine rings is 1. The molecule has 3 aromatic rings. The number of β-amino-alcohol motifs (C(OH)–C–C–N with tert-alkyl or cyclic N) is 1. The lowest BCUT2D eigenvalue weighted by Gasteiger charge is -2.37. The third-order valence-corrected chi connectivity index (χ3v) is 12.3. The summed E-state index contributed by atoms with van der Waals surface area (Å²) in [7, 11) is -3.51. The van der Waals surface area contributed by atoms with Gasteiger partial charge in [0.25, 0.3) is 0 Å². The van der Waals surface area contributed by atoms with E-state index in [1.807, 2.05) is 24.3 Å². The minimum atomic E-state index is -4.51. The molecule has 3 aliphatic heterocycles. The van der Waals surface area contributed by atoms with Crippen molar-refractivity contribution >= 4 is 39.1 Å². The maximum atomic E-state index is 14.1. The van der Waals surface area contributed by atoms with Gasteiger partial charge in [0, 0.05) is 86.2 Å². The van der Waals surface area contributed by atoms with Crippen LogP contribution in [0.2, 0.25) is 5.02 Å². The molecule has 3 aliphatic rings. The van der Waals surface area contributed by atoms with Crippen molar-refractivity contribution in [3.63, 3.8) is 0 Å². The molecule has 0 saturated carbocycles. The van der Waals surface area contributed by atoms with E-state index in [4.69, 9.17) is 16.7 Å². The Morgan fingerprint density at radius 3 is 2.39 bits per heavy atom. The second kappa shape index (κ2) is 15.5. The number of aliphatic hydroxyl groups excluding tert-OH is 1. The highest BCUT2D eigenvalue weighted by molar-refractivity contribution is 7.99. The average molecular weight is 741 g/mol. The van der Waals surface area contributed by atoms with Crippen LogP contribution in [-0.4, -0.2) is 114 Å². The number of anilines is 1. The number of hydrogen-bond acceptors (Lipinski definition) is 8. The summed E-state index contributed by atoms with van der Waals surface area (Å²) in [5.41, 5.74) is 2.74. The molecule has 0 amide bonds. The van der Waals surface area contributed by atoms with E-state index in [1.54, 1.807) is 10.7 Å². The predicted molar refractivity (Wildman–Crippen MR) is 189 cm³/mol. The van der Waals surface area contributed by atoms with Gasteiger partial charge in [0.05, 0.1) is 40.9 Å². The predicted octanol–water partition coefficient (Wildman–Crippen LogP) is 5.30. The van der Waals surface area contributed by atoms with Crippen molar-refractivity contribution in [1.29, 1.82) is 0 Å². The summed E-state index contributed by atoms with van der Waals surface area (Å²) in [4.78, 5) is 6.87. The van der Waals surface area contributed by atoms with Crippen molar-refractivity contribution in [3.8, 4) is 11.3 Å². The van der Waals surface area contributed by atoms with Crippen LogP contribution < -0.4 is 4.90 Å². The molecular weight excluding hydrogens is 697 g/mol. The summed E-state index contributed by atoms with van der Waals surface area (Å²) in [5.74, 6) is 0.528. The number of sulfonamides is 1. The summed E-state index contributed by atoms with van der Waals surface area (Å²) in [6.45, 7) is 6.63. The average Bonchev–Trinajstić information content (AvgIpc) is 3.42. The number of alkyl halides is 3. The maximum absolute atomic E-state index is 14.1. The molecular formula is C34H44ClF3N6O3S2. The highest BCUT2D eigenvalue weighted by Crippen LogP contribution is 2.40. The Morgan fingerprint density at radius 1 is 0.959 bits per heavy atom. The van der Waals surface area contributed by atoms with Crippen molar-refractivity contribution < 1.29 is 26.7 Å². The van der Waals surface area contributed by atoms with E-state index in [0.29, 0.717) is 47.1 Å². The molecule has 0 spiro atoms. The van der Waals surface area contributed by atoms with Crippen LogP contribution in [-0.2, 0) is 35.7 Å². The van der Waals surface area contributed by atoms with Crippen molar-refractivity contribution in [2.75, 3.05) is 75.8 Å². The third kappa shape index (κ3) is 8.95. The zero-order valence-electron chi connectivity index (χ0n) is 27.7. The minimum Gasteiger partial charge on any atom is -0.390 e. The van der Waals surface area contributed by atoms with Crippen molar-refractivity contribution in [2.45, 2.75) is 55.9 Å². The summed E-state index contributed by atoms with van der Waals surface area (Å²) in [6, 6.07) is 11.8. The second-order valence-corrected chi connectivity index (χ2v) is 16.7. The monoisotopic (exact) mass is 740 g/mol. The number of aromatic nitrogens is 2. The highest BCUT2D eigenvalue weighted by atomic mass is 35.5. The molecule has 2 aromatic carbocycles. The number of likely N-dealkylation sites (tertiary alicyclic amines) is 1. The number of nitrogens with zero attached hydrogens (tertiary/aromatic N) is 6. The number of hydrogen-bond donors (Lipinski definition) is 1. The number of piperazine rings is 1. The van der Waals surface area contributed by atoms with Gasteiger partial charge < -0.3 is 14.9 Å². The summed E-state index contributed by atoms with van der Waals surface area (Å²) >= 11 is 7.60. The van der Waals surface area contributed by atoms with Crippen molar-refractivity contribution in [1.82, 2.24) is 23.9 Å². The topological polar surface area (TPSA) is 85.1 Å². The first-order valence-electron chi connectivity index (χ1n) is 16.9. The smallest absolute Gasteiger partial charge is 0.390 e. The van der Waals surface area contributed by atoms with Crippen LogP contribution in [0.15, 0.2) is 47.4 Å². The SMILES string of the molecule is CS(=O)(=O)N1CCc2c(c(-c3ccc(C(F)(F)F)c(SCCN4CCCCC4)c3)nn2CC(O)CN2CCN(c3ccccc3Cl)CC2)C1. The molecule has 1 aromatic heterocycles. The van der Waals surface area contributed by atoms with E-state index < -0.39 is 27.9 Å². The van der Waals surface area contributed by atoms with Crippen LogP contribution in [0, 0.1) is 0 Å². The molecule has 49 heavy (non-hydrogen) atoms. The quantitative estimate of drug-likeness (QED) is 0.266. The molecule has 0 radical (unpaired) electrons. The standard InChI is InChI=1S/C34H44ClF3N6O3S2/c1-49(46,47)43-14-11-30-27(24-43)33(25-9-10-28(34(36,37)38)32(21-25)48-20-19-40-12-5-2-6-13-40)39-44(30)23-26(45)22-41-15-17-42(18-16-41)31-8-4-3-7-29(31)35/h3-4,7-10,21,26,45H,2,5-6,11-20,22-24H2,1H3. The fourth-order valence-electron chi connectivity index (χ4n) is 7.06. The lowest BCUT2D eigenvalue weighted by molar-refractivity contribution is -0.139. The van der Waals surface area contributed by atoms with E-state index in [1.165, 1.54) is 28.6 Å². The molecule has 0 bridgehead atoms. The summed E-state index contributed by atoms with van der Waals surface area (Å²) < 4.78 is 70.6. The van der Waals surface area contributed by atoms with E-state index in [0.717, 1.165) is 75.8 Å². The van der Waals surface area contributed by atoms with Gasteiger partial charge in [0.2, 0.25) is 10.0 Å². The molecule has 1 N–H and O–H groups in total. The van der Waals surface area contributed by atoms with E-state index in [-0.39, 0.29) is 24.5 Å². The largest absolute Gasteiger partial charge is 0.417 e. The molecule has 4 heterocycles. The van der Waals surface area contributed by atoms with Gasteiger partial charge in [-0.05, 0) is 50.2 Å². The first-order valence-corrected chi connectivity index (χ1v) is 20.1. The van der Waals surface area contributed by atoms with E-state index in [2.05, 4.69) is 14.7 Å². The zero-order chi connectivity index (χ0) is 34.8. The summed E-state index contributed by atoms with van der Waals surface area (Å²) in [6.07, 6.45) is -0.312. The van der Waals surface area contributed by atoms with Gasteiger partial charge in [-0.1, -0.05) is 36.2 Å². The van der Waals surface area contributed by atoms with Gasteiger partial charge in [-0.15, -0.1) is 11.8 Å². The van der Waals surface area contributed by atoms with Gasteiger partial charge in [-0.2, -0.15) is 22.6 Å². The van der Waals surface area contributed by atoms with E-state index in [9.17, 15) is 26.7 Å². The first-order chi connectivity index (χ1) is 23.4. The van der Waals surface area contributed by atoms with Crippen LogP contribution in [0.4, 0.5) is 18.9 Å². The van der Waals surface area contributed by atoms with Crippen LogP contribution >= 0.6 is 23.4 Å². The number of aliphatic hydroxyl groups is 1. The van der Waals surface area contributed by atoms with Crippen molar-refractivity contribution in [2.24, 2.45) is 0 Å². The number of para-hydroxylation sites is 1. The number of thioether (sulfide) groups is 1. The minimum absolute atomic E-state index is 0.0715. The Balaban J connectivity index is 1.21. The molecule has 9 nitrogen and oxygen atoms in total. The Kier molecular flexibility index (Phi) is 11.5. The highest BCUT2D eigenvalue weighted by Gasteiger charge is 2.35. The van der Waals surface area contributed by atoms with Crippen LogP contribution in [0.25, 0.3) is 11.3 Å². The molecule has 2 saturated heterocycles. The van der Waals surface area contributed by atoms with Crippen LogP contribution in [0.5, 0.6) is 0 Å². The van der Waals surface area contributed by atoms with Gasteiger partial charge in [0.1, 0.15) is 0 Å². The number of benzene rings is 2. The molecule has 268 valence electrons. The van der Waals surface area contributed by atoms with Gasteiger partial charge in [-0.3, -0.25) is 9.58 Å². The molecule has 1 unspecified atom stereocenters. The molecule has 0 aliphatic carbocycles.